The Bertz CT molecular complexity index is 4480. The van der Waals surface area contributed by atoms with Crippen LogP contribution < -0.4 is 73.9 Å². The molecule has 23 N–H and O–H groups in total. The third kappa shape index (κ3) is 19.5. The Morgan fingerprint density at radius 2 is 1.30 bits per heavy atom. The van der Waals surface area contributed by atoms with Crippen LogP contribution in [0.15, 0.2) is 84.9 Å². The largest absolute Gasteiger partial charge is 0.508 e. The number of aromatic hydroxyl groups is 3. The minimum atomic E-state index is -2.33. The topological polar surface area (TPSA) is 570 Å². The third-order valence-electron chi connectivity index (χ3n) is 21.2. The lowest BCUT2D eigenvalue weighted by Gasteiger charge is -2.47. The zero-order valence-electron chi connectivity index (χ0n) is 65.0. The predicted molar refractivity (Wildman–Crippen MR) is 409 cm³/mol. The van der Waals surface area contributed by atoms with E-state index in [9.17, 15) is 55.5 Å². The Hall–Kier alpha value is -9.65. The molecule has 0 radical (unpaired) electrons. The van der Waals surface area contributed by atoms with E-state index >= 15 is 28.8 Å². The van der Waals surface area contributed by atoms with Crippen molar-refractivity contribution in [3.05, 3.63) is 118 Å². The molecule has 8 amide bonds. The Kier molecular flexibility index (Phi) is 27.1. The number of ether oxygens (including phenoxy) is 8. The summed E-state index contributed by atoms with van der Waals surface area (Å²) >= 11 is 7.17. The number of likely N-dealkylation sites (N-methyl/N-ethyl adjacent to an activating group) is 1. The summed E-state index contributed by atoms with van der Waals surface area (Å²) in [5, 5.41) is 126. The standard InChI is InChI=1S/C78H101ClN12O25/c1-32(2)21-44(83-7)69(102)89-59-61(97)37-14-18-48(43(79)23-37)112-50-25-38-24-49(65(50)116-76-66(63(99)62(98)51(31-92)113-76)115-54-30-78(6,82)68(101)34(4)110-54)111-40-15-11-35(12-16-40)64(114-53-29-77(5,81)67(100)33(3)109-53)60-75(108)88-58(71(104)84-19-10-20-91(8)9)42-26-39(93)27-47(95)55(42)41-22-36(13-17-46(41)94)56(72(105)90-60)87-73(106)57(38)86-70(103)45(28-52(80)96)85-74(59)107/h11-18,22-27,32-34,44-45,51,53-54,56-64,66-68,76,83,92-95,97-101H,10,19-21,28-31,81-82H2,1-9H3,(H2,80,96)(H,84,104)(H,85,107)(H,86,103)(H,87,106)(H,88,108)(H,89,102)(H,90,105)/t33-,34-,44+,45-,51+,53-,54-,56+,57+,58-,59+,60-,61+,62+,63-,64+,66+,67-,68-,76-,77-,78-/m0/s1. The molecule has 37 nitrogen and oxygen atoms in total. The highest BCUT2D eigenvalue weighted by Gasteiger charge is 2.52. The maximum Gasteiger partial charge on any atom is 0.248 e. The first kappa shape index (κ1) is 87.2. The average molecular weight is 1640 g/mol. The third-order valence-corrected chi connectivity index (χ3v) is 21.5. The molecule has 5 aromatic carbocycles. The number of aliphatic hydroxyl groups excluding tert-OH is 6. The fourth-order valence-electron chi connectivity index (χ4n) is 14.9. The molecule has 0 saturated carbocycles. The highest BCUT2D eigenvalue weighted by atomic mass is 35.5. The van der Waals surface area contributed by atoms with Gasteiger partial charge < -0.3 is 148 Å². The van der Waals surface area contributed by atoms with E-state index in [2.05, 4.69) is 42.5 Å². The first-order chi connectivity index (χ1) is 54.7. The molecule has 13 rings (SSSR count). The highest BCUT2D eigenvalue weighted by Crippen LogP contribution is 2.50. The molecular weight excluding hydrogens is 1540 g/mol. The molecule has 8 aliphatic rings. The maximum absolute atomic E-state index is 16.5. The number of halogens is 1. The number of carbonyl (C=O) groups excluding carboxylic acids is 8. The van der Waals surface area contributed by atoms with Crippen LogP contribution in [0, 0.1) is 5.92 Å². The Morgan fingerprint density at radius 1 is 0.690 bits per heavy atom. The Labute approximate surface area is 671 Å². The van der Waals surface area contributed by atoms with Crippen LogP contribution in [0.5, 0.6) is 46.0 Å². The van der Waals surface area contributed by atoms with Gasteiger partial charge in [0.2, 0.25) is 59.3 Å². The summed E-state index contributed by atoms with van der Waals surface area (Å²) in [5.74, 6) is -14.0. The van der Waals surface area contributed by atoms with Gasteiger partial charge in [-0.2, -0.15) is 0 Å². The molecule has 5 aromatic rings. The van der Waals surface area contributed by atoms with Gasteiger partial charge in [0.05, 0.1) is 48.5 Å². The van der Waals surface area contributed by atoms with Crippen LogP contribution in [0.25, 0.3) is 11.1 Å². The number of carbonyl (C=O) groups is 8. The number of primary amides is 1. The maximum atomic E-state index is 16.5. The van der Waals surface area contributed by atoms with Crippen LogP contribution in [0.3, 0.4) is 0 Å². The quantitative estimate of drug-likeness (QED) is 0.0471. The molecule has 38 heteroatoms. The van der Waals surface area contributed by atoms with Crippen molar-refractivity contribution in [1.82, 2.24) is 47.4 Å². The number of nitrogens with two attached hydrogens (primary N) is 3. The smallest absolute Gasteiger partial charge is 0.248 e. The number of benzene rings is 5. The second-order valence-corrected chi connectivity index (χ2v) is 31.6. The molecule has 630 valence electrons. The summed E-state index contributed by atoms with van der Waals surface area (Å²) < 4.78 is 52.2. The minimum Gasteiger partial charge on any atom is -0.508 e. The van der Waals surface area contributed by atoms with Crippen molar-refractivity contribution in [1.29, 1.82) is 0 Å². The van der Waals surface area contributed by atoms with Gasteiger partial charge in [-0.05, 0) is 157 Å². The number of hydrogen-bond acceptors (Lipinski definition) is 29. The normalized spacial score (nSPS) is 31.2. The van der Waals surface area contributed by atoms with Gasteiger partial charge in [0.25, 0.3) is 0 Å². The number of aliphatic hydroxyl groups is 6. The molecule has 11 bridgehead atoms. The number of nitrogens with zero attached hydrogens (tertiary/aromatic N) is 1. The summed E-state index contributed by atoms with van der Waals surface area (Å²) in [6.07, 6.45) is -21.8. The molecule has 0 aromatic heterocycles. The van der Waals surface area contributed by atoms with Crippen molar-refractivity contribution >= 4 is 58.9 Å². The molecule has 22 atom stereocenters. The molecule has 0 aliphatic carbocycles. The summed E-state index contributed by atoms with van der Waals surface area (Å²) in [6.45, 7) is 9.24. The fourth-order valence-corrected chi connectivity index (χ4v) is 15.2. The van der Waals surface area contributed by atoms with Gasteiger partial charge in [0.1, 0.15) is 95.5 Å². The van der Waals surface area contributed by atoms with Gasteiger partial charge in [0, 0.05) is 47.7 Å². The van der Waals surface area contributed by atoms with Gasteiger partial charge in [-0.25, -0.2) is 0 Å². The summed E-state index contributed by atoms with van der Waals surface area (Å²) in [5.41, 5.74) is 14.4. The zero-order valence-corrected chi connectivity index (χ0v) is 65.7. The lowest BCUT2D eigenvalue weighted by atomic mass is 9.86. The number of rotatable bonds is 19. The SMILES string of the molecule is CN[C@H](CC(C)C)C(=O)N[C@H]1C(=O)N[C@@H](CC(N)=O)C(=O)N[C@H]2C(=O)N[C@H]3C(=O)N[C@H](C(=O)N[C@H](C(=O)NCCCN(C)C)c4cc(O)cc(O)c4-c4cc3ccc4O)[C@H](O[C@H]3C[C@](C)(N)[C@@H](O)[C@H](C)O3)c3ccc(cc3)Oc3cc2cc(c3O[C@@H]2O[C@H](CO)[C@@H](O)[C@H](O)[C@H]2O[C@H]2C[C@](C)(N)[C@@H](O)[C@H](C)O2)Oc2ccc(cc2Cl)[C@H]1O. The van der Waals surface area contributed by atoms with E-state index in [1.54, 1.807) is 14.1 Å². The average Bonchev–Trinajstić information content (AvgIpc) is 0.769. The fraction of sp³-hybridized carbons (Fsp3) is 0.513. The molecular formula is C78H101ClN12O25. The van der Waals surface area contributed by atoms with E-state index in [0.29, 0.717) is 13.0 Å². The minimum absolute atomic E-state index is 0.000146. The van der Waals surface area contributed by atoms with E-state index in [1.165, 1.54) is 71.1 Å². The second kappa shape index (κ2) is 36.1. The molecule has 3 saturated heterocycles. The molecule has 8 heterocycles. The van der Waals surface area contributed by atoms with E-state index in [4.69, 9.17) is 66.7 Å². The predicted octanol–water partition coefficient (Wildman–Crippen LogP) is -0.326. The number of fused-ring (bicyclic) bond motifs is 15. The summed E-state index contributed by atoms with van der Waals surface area (Å²) in [7, 11) is 5.10. The van der Waals surface area contributed by atoms with E-state index in [0.717, 1.165) is 48.5 Å². The molecule has 8 aliphatic heterocycles. The van der Waals surface area contributed by atoms with Crippen molar-refractivity contribution in [2.75, 3.05) is 40.8 Å². The Morgan fingerprint density at radius 3 is 1.91 bits per heavy atom. The lowest BCUT2D eigenvalue weighted by Crippen LogP contribution is -2.64. The van der Waals surface area contributed by atoms with Crippen molar-refractivity contribution in [2.24, 2.45) is 23.1 Å². The van der Waals surface area contributed by atoms with Crippen LogP contribution >= 0.6 is 11.6 Å². The van der Waals surface area contributed by atoms with Crippen LogP contribution in [0.2, 0.25) is 5.02 Å². The van der Waals surface area contributed by atoms with Gasteiger partial charge in [-0.3, -0.25) is 38.4 Å². The van der Waals surface area contributed by atoms with E-state index < -0.39 is 239 Å². The highest BCUT2D eigenvalue weighted by molar-refractivity contribution is 6.32. The number of phenols is 3. The van der Waals surface area contributed by atoms with Crippen molar-refractivity contribution < 1.29 is 122 Å². The van der Waals surface area contributed by atoms with Crippen molar-refractivity contribution in [3.63, 3.8) is 0 Å². The molecule has 116 heavy (non-hydrogen) atoms. The Balaban J connectivity index is 1.18. The van der Waals surface area contributed by atoms with Gasteiger partial charge >= 0.3 is 0 Å². The van der Waals surface area contributed by atoms with Gasteiger partial charge in [0.15, 0.2) is 30.2 Å². The first-order valence-corrected chi connectivity index (χ1v) is 38.2. The van der Waals surface area contributed by atoms with Crippen LogP contribution in [-0.2, 0) is 62.0 Å². The van der Waals surface area contributed by atoms with E-state index in [-0.39, 0.29) is 76.1 Å². The van der Waals surface area contributed by atoms with Crippen LogP contribution in [0.4, 0.5) is 0 Å². The number of phenolic OH excluding ortho intramolecular Hbond substituents is 3. The number of amides is 8. The monoisotopic (exact) mass is 1640 g/mol. The van der Waals surface area contributed by atoms with Gasteiger partial charge in [-0.1, -0.05) is 49.7 Å². The van der Waals surface area contributed by atoms with Crippen molar-refractivity contribution in [2.45, 2.75) is 207 Å². The van der Waals surface area contributed by atoms with E-state index in [1.807, 2.05) is 18.7 Å². The second-order valence-electron chi connectivity index (χ2n) is 31.2. The molecule has 0 unspecified atom stereocenters. The van der Waals surface area contributed by atoms with Crippen molar-refractivity contribution in [3.8, 4) is 57.1 Å². The molecule has 0 spiro atoms. The van der Waals surface area contributed by atoms with Gasteiger partial charge in [-0.15, -0.1) is 0 Å². The summed E-state index contributed by atoms with van der Waals surface area (Å²) in [4.78, 5) is 124. The first-order valence-electron chi connectivity index (χ1n) is 37.8. The number of hydrogen-bond donors (Lipinski definition) is 20. The number of nitrogens with one attached hydrogen (secondary N) is 8. The van der Waals surface area contributed by atoms with Crippen LogP contribution in [-0.4, -0.2) is 242 Å². The molecule has 3 fully saturated rings. The van der Waals surface area contributed by atoms with Crippen LogP contribution in [0.1, 0.15) is 132 Å². The summed E-state index contributed by atoms with van der Waals surface area (Å²) in [6, 6.07) is 2.75. The zero-order chi connectivity index (χ0) is 84.4. The lowest BCUT2D eigenvalue weighted by molar-refractivity contribution is -0.333.